The molecule has 1 aliphatic heterocycles. The Kier molecular flexibility index (Phi) is 8.49. The minimum atomic E-state index is -1.32. The van der Waals surface area contributed by atoms with Crippen LogP contribution in [0, 0.1) is 46.9 Å². The van der Waals surface area contributed by atoms with Crippen LogP contribution in [0.1, 0.15) is 36.4 Å². The van der Waals surface area contributed by atoms with Crippen molar-refractivity contribution >= 4 is 16.9 Å². The van der Waals surface area contributed by atoms with E-state index >= 15 is 0 Å². The molecule has 0 unspecified atom stereocenters. The van der Waals surface area contributed by atoms with Crippen LogP contribution in [-0.2, 0) is 4.79 Å². The molecule has 38 heavy (non-hydrogen) atoms. The lowest BCUT2D eigenvalue weighted by molar-refractivity contribution is -0.146. The van der Waals surface area contributed by atoms with E-state index in [4.69, 9.17) is 10.5 Å². The first-order chi connectivity index (χ1) is 18.2. The minimum absolute atomic E-state index is 0.115. The molecule has 0 amide bonds. The fraction of sp³-hybridized carbons (Fsp3) is 0.357. The van der Waals surface area contributed by atoms with Crippen molar-refractivity contribution in [1.82, 2.24) is 9.88 Å². The molecule has 0 saturated carbocycles. The van der Waals surface area contributed by atoms with Gasteiger partial charge in [-0.2, -0.15) is 0 Å². The predicted octanol–water partition coefficient (Wildman–Crippen LogP) is 4.65. The summed E-state index contributed by atoms with van der Waals surface area (Å²) in [5.41, 5.74) is 6.91. The smallest absolute Gasteiger partial charge is 0.308 e. The number of hydrogen-bond donors (Lipinski definition) is 2. The Balaban J connectivity index is 1.42. The lowest BCUT2D eigenvalue weighted by Gasteiger charge is -2.36. The number of nitrogens with two attached hydrogens (primary N) is 1. The summed E-state index contributed by atoms with van der Waals surface area (Å²) in [7, 11) is 1.51. The van der Waals surface area contributed by atoms with Gasteiger partial charge in [0.05, 0.1) is 36.8 Å². The highest BCUT2D eigenvalue weighted by Gasteiger charge is 2.34. The number of rotatable bonds is 7. The van der Waals surface area contributed by atoms with E-state index in [1.165, 1.54) is 7.11 Å². The monoisotopic (exact) mass is 529 g/mol. The van der Waals surface area contributed by atoms with Gasteiger partial charge in [0.15, 0.2) is 11.6 Å². The molecule has 10 heteroatoms. The van der Waals surface area contributed by atoms with Gasteiger partial charge < -0.3 is 15.6 Å². The summed E-state index contributed by atoms with van der Waals surface area (Å²) in [6, 6.07) is 5.72. The van der Waals surface area contributed by atoms with Gasteiger partial charge in [0, 0.05) is 29.6 Å². The quantitative estimate of drug-likeness (QED) is 0.263. The molecule has 3 N–H and O–H groups in total. The Bertz CT molecular complexity index is 1410. The number of aromatic nitrogens is 1. The van der Waals surface area contributed by atoms with Gasteiger partial charge in [0.2, 0.25) is 0 Å². The molecule has 1 fully saturated rings. The highest BCUT2D eigenvalue weighted by Crippen LogP contribution is 2.34. The molecular weight excluding hydrogens is 502 g/mol. The number of methoxy groups -OCH3 is 1. The number of fused-ring (bicyclic) bond motifs is 1. The number of likely N-dealkylation sites (tertiary alicyclic amines) is 1. The number of pyridine rings is 1. The van der Waals surface area contributed by atoms with E-state index in [9.17, 15) is 27.5 Å². The van der Waals surface area contributed by atoms with E-state index in [2.05, 4.69) is 16.8 Å². The molecule has 1 aliphatic rings. The van der Waals surface area contributed by atoms with E-state index in [0.29, 0.717) is 54.1 Å². The number of nitrogens with zero attached hydrogens (tertiary/aromatic N) is 2. The zero-order valence-electron chi connectivity index (χ0n) is 20.7. The van der Waals surface area contributed by atoms with Crippen LogP contribution < -0.4 is 10.5 Å². The second-order valence-corrected chi connectivity index (χ2v) is 9.37. The zero-order chi connectivity index (χ0) is 27.4. The number of carboxylic acid groups (broad SMARTS) is 1. The van der Waals surface area contributed by atoms with Gasteiger partial charge in [0.25, 0.3) is 0 Å². The Hall–Kier alpha value is -3.68. The molecule has 0 aliphatic carbocycles. The molecule has 6 nitrogen and oxygen atoms in total. The summed E-state index contributed by atoms with van der Waals surface area (Å²) < 4.78 is 60.6. The van der Waals surface area contributed by atoms with Crippen molar-refractivity contribution in [2.24, 2.45) is 17.6 Å². The van der Waals surface area contributed by atoms with Crippen LogP contribution in [0.15, 0.2) is 36.5 Å². The highest BCUT2D eigenvalue weighted by atomic mass is 19.2. The maximum absolute atomic E-state index is 14.8. The van der Waals surface area contributed by atoms with Crippen molar-refractivity contribution in [3.8, 4) is 17.6 Å². The molecule has 2 aromatic carbocycles. The second kappa shape index (κ2) is 11.8. The molecule has 0 bridgehead atoms. The van der Waals surface area contributed by atoms with Gasteiger partial charge in [-0.25, -0.2) is 17.6 Å². The normalized spacial score (nSPS) is 18.6. The van der Waals surface area contributed by atoms with Crippen LogP contribution in [0.3, 0.4) is 0 Å². The third-order valence-corrected chi connectivity index (χ3v) is 6.96. The van der Waals surface area contributed by atoms with Crippen LogP contribution in [0.5, 0.6) is 5.75 Å². The molecule has 1 aromatic heterocycles. The Labute approximate surface area is 217 Å². The van der Waals surface area contributed by atoms with Crippen LogP contribution in [0.4, 0.5) is 17.6 Å². The van der Waals surface area contributed by atoms with Crippen molar-refractivity contribution in [1.29, 1.82) is 0 Å². The van der Waals surface area contributed by atoms with Gasteiger partial charge in [-0.1, -0.05) is 11.8 Å². The Morgan fingerprint density at radius 2 is 2.03 bits per heavy atom. The summed E-state index contributed by atoms with van der Waals surface area (Å²) in [6.45, 7) is 0.847. The molecular formula is C28H27F4N3O3. The van der Waals surface area contributed by atoms with Crippen molar-refractivity contribution in [2.75, 3.05) is 26.7 Å². The lowest BCUT2D eigenvalue weighted by atomic mass is 9.81. The molecule has 3 aromatic rings. The highest BCUT2D eigenvalue weighted by molar-refractivity contribution is 5.84. The average Bonchev–Trinajstić information content (AvgIpc) is 2.89. The van der Waals surface area contributed by atoms with E-state index in [0.717, 1.165) is 12.3 Å². The van der Waals surface area contributed by atoms with Crippen molar-refractivity contribution in [3.63, 3.8) is 0 Å². The number of piperidine rings is 1. The van der Waals surface area contributed by atoms with E-state index < -0.39 is 46.8 Å². The van der Waals surface area contributed by atoms with Gasteiger partial charge >= 0.3 is 5.97 Å². The topological polar surface area (TPSA) is 88.7 Å². The molecule has 0 spiro atoms. The van der Waals surface area contributed by atoms with E-state index in [1.807, 2.05) is 0 Å². The summed E-state index contributed by atoms with van der Waals surface area (Å²) in [6.07, 6.45) is 2.51. The summed E-state index contributed by atoms with van der Waals surface area (Å²) in [5, 5.41) is 10.4. The number of carboxylic acids is 1. The predicted molar refractivity (Wildman–Crippen MR) is 133 cm³/mol. The number of aliphatic carboxylic acids is 1. The van der Waals surface area contributed by atoms with Crippen molar-refractivity contribution in [3.05, 3.63) is 70.9 Å². The zero-order valence-corrected chi connectivity index (χ0v) is 20.7. The Morgan fingerprint density at radius 3 is 2.76 bits per heavy atom. The van der Waals surface area contributed by atoms with Gasteiger partial charge in [-0.3, -0.25) is 14.7 Å². The second-order valence-electron chi connectivity index (χ2n) is 9.37. The number of hydrogen-bond acceptors (Lipinski definition) is 5. The van der Waals surface area contributed by atoms with Crippen molar-refractivity contribution in [2.45, 2.75) is 25.3 Å². The van der Waals surface area contributed by atoms with E-state index in [1.54, 1.807) is 23.1 Å². The molecule has 0 radical (unpaired) electrons. The minimum Gasteiger partial charge on any atom is -0.497 e. The summed E-state index contributed by atoms with van der Waals surface area (Å²) >= 11 is 0. The molecule has 4 rings (SSSR count). The van der Waals surface area contributed by atoms with Crippen molar-refractivity contribution < 1.29 is 32.2 Å². The van der Waals surface area contributed by atoms with Crippen LogP contribution >= 0.6 is 0 Å². The summed E-state index contributed by atoms with van der Waals surface area (Å²) in [4.78, 5) is 17.9. The van der Waals surface area contributed by atoms with Crippen LogP contribution in [0.2, 0.25) is 0 Å². The van der Waals surface area contributed by atoms with Gasteiger partial charge in [0.1, 0.15) is 17.4 Å². The molecule has 1 saturated heterocycles. The van der Waals surface area contributed by atoms with Crippen LogP contribution in [0.25, 0.3) is 10.9 Å². The first-order valence-electron chi connectivity index (χ1n) is 12.1. The number of carbonyl (C=O) groups is 1. The maximum atomic E-state index is 14.8. The first kappa shape index (κ1) is 27.4. The number of benzene rings is 2. The molecule has 2 heterocycles. The van der Waals surface area contributed by atoms with E-state index in [-0.39, 0.29) is 19.0 Å². The molecule has 3 atom stereocenters. The lowest BCUT2D eigenvalue weighted by Crippen LogP contribution is -2.44. The molecule has 200 valence electrons. The fourth-order valence-corrected chi connectivity index (χ4v) is 4.94. The maximum Gasteiger partial charge on any atom is 0.308 e. The van der Waals surface area contributed by atoms with Gasteiger partial charge in [-0.05, 0) is 56.0 Å². The summed E-state index contributed by atoms with van der Waals surface area (Å²) in [5.74, 6) is -0.234. The first-order valence-corrected chi connectivity index (χ1v) is 12.1. The third kappa shape index (κ3) is 6.06. The standard InChI is InChI=1S/C28H27F4N3O3/c1-38-19-5-7-25-20(13-19)26(23(31)14-34-25)24(33)6-4-16-8-10-35(15-21(16)28(36)37)9-2-3-17-11-18(29)12-22(30)27(17)32/h5,7,11-14,16,21,24H,4,6,8-10,15,33H2,1H3,(H,36,37)/t16-,21+,24-/m0/s1. The average molecular weight is 530 g/mol. The number of halogens is 4. The SMILES string of the molecule is COc1ccc2ncc(F)c([C@@H](N)CC[C@H]3CCN(CC#Cc4cc(F)cc(F)c4F)C[C@H]3C(=O)O)c2c1. The Morgan fingerprint density at radius 1 is 1.24 bits per heavy atom. The van der Waals surface area contributed by atoms with Gasteiger partial charge in [-0.15, -0.1) is 0 Å². The van der Waals surface area contributed by atoms with Crippen LogP contribution in [-0.4, -0.2) is 47.7 Å². The number of ether oxygens (including phenoxy) is 1. The largest absolute Gasteiger partial charge is 0.497 e. The fourth-order valence-electron chi connectivity index (χ4n) is 4.94. The third-order valence-electron chi connectivity index (χ3n) is 6.96.